The van der Waals surface area contributed by atoms with Crippen LogP contribution in [-0.2, 0) is 0 Å². The predicted molar refractivity (Wildman–Crippen MR) is 93.7 cm³/mol. The molecular weight excluding hydrogens is 573 g/mol. The molecule has 0 aliphatic heterocycles. The highest BCUT2D eigenvalue weighted by Crippen LogP contribution is 2.23. The van der Waals surface area contributed by atoms with Crippen LogP contribution in [0.1, 0.15) is 16.2 Å². The highest BCUT2D eigenvalue weighted by atomic mass is 127. The summed E-state index contributed by atoms with van der Waals surface area (Å²) in [5, 5.41) is 9.23. The van der Waals surface area contributed by atoms with Gasteiger partial charge in [0.2, 0.25) is 5.95 Å². The van der Waals surface area contributed by atoms with Crippen LogP contribution < -0.4 is 5.32 Å². The minimum atomic E-state index is -0.199. The number of anilines is 1. The Bertz CT molecular complexity index is 611. The van der Waals surface area contributed by atoms with Gasteiger partial charge < -0.3 is 0 Å². The van der Waals surface area contributed by atoms with Crippen molar-refractivity contribution in [1.82, 2.24) is 15.2 Å². The van der Waals surface area contributed by atoms with E-state index in [0.29, 0.717) is 17.3 Å². The normalized spacial score (nSPS) is 10.4. The lowest BCUT2D eigenvalue weighted by atomic mass is 10.2. The van der Waals surface area contributed by atoms with E-state index in [1.807, 2.05) is 12.1 Å². The number of aromatic amines is 1. The van der Waals surface area contributed by atoms with Gasteiger partial charge in [0.15, 0.2) is 0 Å². The van der Waals surface area contributed by atoms with Gasteiger partial charge in [-0.1, -0.05) is 0 Å². The molecule has 0 bridgehead atoms. The number of nitrogens with one attached hydrogen (secondary N) is 2. The largest absolute Gasteiger partial charge is 0.289 e. The number of nitrogens with zero attached hydrogens (tertiary/aromatic N) is 2. The van der Waals surface area contributed by atoms with E-state index in [0.717, 1.165) is 10.7 Å². The van der Waals surface area contributed by atoms with Crippen molar-refractivity contribution in [3.05, 3.63) is 34.2 Å². The van der Waals surface area contributed by atoms with E-state index in [1.165, 1.54) is 0 Å². The highest BCUT2D eigenvalue weighted by molar-refractivity contribution is 14.1. The minimum Gasteiger partial charge on any atom is -0.289 e. The van der Waals surface area contributed by atoms with E-state index >= 15 is 0 Å². The van der Waals surface area contributed by atoms with Gasteiger partial charge in [-0.2, -0.15) is 4.98 Å². The number of rotatable bonds is 2. The SMILES string of the molecule is Cc1nc(NC(=O)c2cc(I)cc(I)c2I)n[nH]1. The van der Waals surface area contributed by atoms with Gasteiger partial charge in [0.25, 0.3) is 5.91 Å². The summed E-state index contributed by atoms with van der Waals surface area (Å²) in [7, 11) is 0. The molecule has 0 fully saturated rings. The van der Waals surface area contributed by atoms with Crippen molar-refractivity contribution >= 4 is 79.6 Å². The lowest BCUT2D eigenvalue weighted by Crippen LogP contribution is -2.15. The van der Waals surface area contributed by atoms with Crippen molar-refractivity contribution in [2.24, 2.45) is 0 Å². The highest BCUT2D eigenvalue weighted by Gasteiger charge is 2.15. The average molecular weight is 580 g/mol. The zero-order chi connectivity index (χ0) is 13.3. The summed E-state index contributed by atoms with van der Waals surface area (Å²) in [5.41, 5.74) is 0.634. The first kappa shape index (κ1) is 14.4. The molecule has 1 aromatic heterocycles. The van der Waals surface area contributed by atoms with Gasteiger partial charge in [-0.25, -0.2) is 0 Å². The van der Waals surface area contributed by atoms with Gasteiger partial charge in [-0.15, -0.1) is 5.10 Å². The third-order valence-electron chi connectivity index (χ3n) is 2.06. The molecule has 8 heteroatoms. The number of hydrogen-bond acceptors (Lipinski definition) is 3. The molecule has 1 heterocycles. The topological polar surface area (TPSA) is 70.7 Å². The minimum absolute atomic E-state index is 0.199. The molecule has 18 heavy (non-hydrogen) atoms. The van der Waals surface area contributed by atoms with Crippen LogP contribution in [0.5, 0.6) is 0 Å². The summed E-state index contributed by atoms with van der Waals surface area (Å²) in [6, 6.07) is 3.87. The van der Waals surface area contributed by atoms with Crippen LogP contribution in [0.3, 0.4) is 0 Å². The molecule has 0 aliphatic rings. The summed E-state index contributed by atoms with van der Waals surface area (Å²) in [6.45, 7) is 1.78. The summed E-state index contributed by atoms with van der Waals surface area (Å²) >= 11 is 6.57. The van der Waals surface area contributed by atoms with Crippen molar-refractivity contribution in [3.63, 3.8) is 0 Å². The number of aryl methyl sites for hydroxylation is 1. The van der Waals surface area contributed by atoms with Crippen LogP contribution in [0.4, 0.5) is 5.95 Å². The first-order valence-corrected chi connectivity index (χ1v) is 8.06. The van der Waals surface area contributed by atoms with E-state index in [4.69, 9.17) is 0 Å². The van der Waals surface area contributed by atoms with Gasteiger partial charge in [0.1, 0.15) is 5.82 Å². The van der Waals surface area contributed by atoms with Gasteiger partial charge >= 0.3 is 0 Å². The lowest BCUT2D eigenvalue weighted by molar-refractivity contribution is 0.102. The van der Waals surface area contributed by atoms with Crippen molar-refractivity contribution in [2.45, 2.75) is 6.92 Å². The van der Waals surface area contributed by atoms with Crippen LogP contribution in [-0.4, -0.2) is 21.1 Å². The Morgan fingerprint density at radius 3 is 2.67 bits per heavy atom. The second-order valence-corrected chi connectivity index (χ2v) is 6.93. The summed E-state index contributed by atoms with van der Waals surface area (Å²) in [4.78, 5) is 16.2. The quantitative estimate of drug-likeness (QED) is 0.424. The number of carbonyl (C=O) groups excluding carboxylic acids is 1. The number of halogens is 3. The fourth-order valence-electron chi connectivity index (χ4n) is 1.29. The Hall–Kier alpha value is 0.0200. The van der Waals surface area contributed by atoms with E-state index in [2.05, 4.69) is 88.3 Å². The van der Waals surface area contributed by atoms with Crippen molar-refractivity contribution in [3.8, 4) is 0 Å². The molecule has 94 valence electrons. The molecule has 2 aromatic rings. The van der Waals surface area contributed by atoms with Gasteiger partial charge in [0.05, 0.1) is 5.56 Å². The maximum absolute atomic E-state index is 12.1. The first-order chi connectivity index (χ1) is 8.47. The smallest absolute Gasteiger partial charge is 0.259 e. The van der Waals surface area contributed by atoms with Crippen LogP contribution in [0.25, 0.3) is 0 Å². The van der Waals surface area contributed by atoms with Crippen LogP contribution >= 0.6 is 67.8 Å². The van der Waals surface area contributed by atoms with Crippen LogP contribution in [0.2, 0.25) is 0 Å². The molecular formula is C10H7I3N4O. The second-order valence-electron chi connectivity index (χ2n) is 3.45. The Labute approximate surface area is 144 Å². The standard InChI is InChI=1S/C10H7I3N4O/c1-4-14-10(17-16-4)15-9(18)6-2-5(11)3-7(12)8(6)13/h2-3H,1H3,(H2,14,15,16,17,18). The molecule has 0 saturated heterocycles. The molecule has 5 nitrogen and oxygen atoms in total. The molecule has 0 atom stereocenters. The third kappa shape index (κ3) is 3.31. The fraction of sp³-hybridized carbons (Fsp3) is 0.100. The summed E-state index contributed by atoms with van der Waals surface area (Å²) in [6.07, 6.45) is 0. The zero-order valence-corrected chi connectivity index (χ0v) is 15.6. The molecule has 0 aliphatic carbocycles. The van der Waals surface area contributed by atoms with Crippen molar-refractivity contribution in [2.75, 3.05) is 5.32 Å². The van der Waals surface area contributed by atoms with Crippen molar-refractivity contribution in [1.29, 1.82) is 0 Å². The second kappa shape index (κ2) is 5.98. The Balaban J connectivity index is 2.29. The molecule has 0 spiro atoms. The van der Waals surface area contributed by atoms with Crippen LogP contribution in [0, 0.1) is 17.6 Å². The number of H-pyrrole nitrogens is 1. The van der Waals surface area contributed by atoms with Gasteiger partial charge in [-0.05, 0) is 86.8 Å². The Morgan fingerprint density at radius 1 is 1.33 bits per heavy atom. The third-order valence-corrected chi connectivity index (χ3v) is 5.73. The Kier molecular flexibility index (Phi) is 4.80. The first-order valence-electron chi connectivity index (χ1n) is 4.82. The number of aromatic nitrogens is 3. The fourth-order valence-corrected chi connectivity index (χ4v) is 3.69. The predicted octanol–water partition coefficient (Wildman–Crippen LogP) is 3.18. The molecule has 2 rings (SSSR count). The van der Waals surface area contributed by atoms with E-state index in [-0.39, 0.29) is 5.91 Å². The lowest BCUT2D eigenvalue weighted by Gasteiger charge is -2.06. The van der Waals surface area contributed by atoms with E-state index < -0.39 is 0 Å². The molecule has 1 aromatic carbocycles. The Morgan fingerprint density at radius 2 is 2.06 bits per heavy atom. The molecule has 2 N–H and O–H groups in total. The summed E-state index contributed by atoms with van der Waals surface area (Å²) < 4.78 is 3.00. The van der Waals surface area contributed by atoms with E-state index in [9.17, 15) is 4.79 Å². The van der Waals surface area contributed by atoms with Crippen LogP contribution in [0.15, 0.2) is 12.1 Å². The van der Waals surface area contributed by atoms with E-state index in [1.54, 1.807) is 6.92 Å². The molecule has 1 amide bonds. The number of hydrogen-bond donors (Lipinski definition) is 2. The average Bonchev–Trinajstić information content (AvgIpc) is 2.69. The monoisotopic (exact) mass is 580 g/mol. The maximum Gasteiger partial charge on any atom is 0.259 e. The molecule has 0 saturated carbocycles. The number of benzene rings is 1. The maximum atomic E-state index is 12.1. The number of amides is 1. The molecule has 0 unspecified atom stereocenters. The zero-order valence-electron chi connectivity index (χ0n) is 9.09. The van der Waals surface area contributed by atoms with Crippen molar-refractivity contribution < 1.29 is 4.79 Å². The van der Waals surface area contributed by atoms with Gasteiger partial charge in [0, 0.05) is 10.7 Å². The number of carbonyl (C=O) groups is 1. The van der Waals surface area contributed by atoms with Gasteiger partial charge in [-0.3, -0.25) is 15.2 Å². The molecule has 0 radical (unpaired) electrons. The summed E-state index contributed by atoms with van der Waals surface area (Å²) in [5.74, 6) is 0.759.